The molecule has 0 radical (unpaired) electrons. The molecule has 3 aromatic rings. The molecule has 9 heteroatoms. The van der Waals surface area contributed by atoms with Crippen LogP contribution in [0.15, 0.2) is 58.6 Å². The number of aliphatic hydroxyl groups is 1. The molecule has 0 saturated carbocycles. The van der Waals surface area contributed by atoms with Gasteiger partial charge in [-0.1, -0.05) is 22.9 Å². The molecule has 5 rings (SSSR count). The van der Waals surface area contributed by atoms with Crippen molar-refractivity contribution in [1.29, 1.82) is 0 Å². The number of aromatic amines is 1. The number of hydrogen-bond donors (Lipinski definition) is 2. The number of para-hydroxylation sites is 1. The lowest BCUT2D eigenvalue weighted by molar-refractivity contribution is -0.644. The van der Waals surface area contributed by atoms with Crippen LogP contribution in [0.4, 0.5) is 5.69 Å². The zero-order valence-electron chi connectivity index (χ0n) is 17.1. The number of thioether (sulfide) groups is 1. The summed E-state index contributed by atoms with van der Waals surface area (Å²) in [6, 6.07) is 15.3. The van der Waals surface area contributed by atoms with E-state index in [0.717, 1.165) is 34.5 Å². The Labute approximate surface area is 183 Å². The van der Waals surface area contributed by atoms with Gasteiger partial charge in [0.2, 0.25) is 5.69 Å². The Morgan fingerprint density at radius 2 is 1.90 bits per heavy atom. The normalized spacial score (nSPS) is 14.7. The van der Waals surface area contributed by atoms with Gasteiger partial charge in [0.15, 0.2) is 5.69 Å². The van der Waals surface area contributed by atoms with Gasteiger partial charge < -0.3 is 14.7 Å². The summed E-state index contributed by atoms with van der Waals surface area (Å²) < 4.78 is 7.33. The molecule has 1 amide bonds. The van der Waals surface area contributed by atoms with E-state index in [0.29, 0.717) is 43.4 Å². The Morgan fingerprint density at radius 1 is 1.16 bits per heavy atom. The van der Waals surface area contributed by atoms with Gasteiger partial charge in [0, 0.05) is 43.0 Å². The Morgan fingerprint density at radius 3 is 2.61 bits per heavy atom. The fraction of sp³-hybridized carbons (Fsp3) is 0.273. The summed E-state index contributed by atoms with van der Waals surface area (Å²) in [5.41, 5.74) is 4.66. The van der Waals surface area contributed by atoms with Gasteiger partial charge in [-0.15, -0.1) is 16.7 Å². The molecule has 2 aliphatic heterocycles. The van der Waals surface area contributed by atoms with Gasteiger partial charge >= 0.3 is 0 Å². The molecule has 1 saturated heterocycles. The number of nitrogens with zero attached hydrogens (tertiary/aromatic N) is 3. The quantitative estimate of drug-likeness (QED) is 0.483. The number of carbonyl (C=O) groups is 1. The van der Waals surface area contributed by atoms with Gasteiger partial charge in [-0.2, -0.15) is 5.10 Å². The number of carbonyl (C=O) groups excluding carboxylic acids is 1. The number of morpholine rings is 1. The first-order valence-electron chi connectivity index (χ1n) is 9.91. The number of ether oxygens (including phenoxy) is 1. The standard InChI is InChI=1S/C21H18N4O3S.CH4O/c26-21(24-8-10-28-11-9-24)19-17-13-29-18-7-6-14(23-27)12-16(18)20(17)25(22-19)15-4-2-1-3-5-15;1-2/h1-7,12H,8-11,13H2;2H,1H3/p+1. The van der Waals surface area contributed by atoms with E-state index < -0.39 is 0 Å². The molecule has 31 heavy (non-hydrogen) atoms. The minimum Gasteiger partial charge on any atom is -0.400 e. The first-order valence-corrected chi connectivity index (χ1v) is 10.9. The second-order valence-corrected chi connectivity index (χ2v) is 7.97. The van der Waals surface area contributed by atoms with E-state index in [1.807, 2.05) is 46.0 Å². The van der Waals surface area contributed by atoms with Gasteiger partial charge in [-0.05, 0) is 23.4 Å². The Balaban J connectivity index is 0.00000112. The maximum Gasteiger partial charge on any atom is 0.276 e. The minimum atomic E-state index is -0.0204. The number of nitroso groups, excluding NO2 is 1. The van der Waals surface area contributed by atoms with E-state index in [-0.39, 0.29) is 5.91 Å². The number of fused-ring (bicyclic) bond motifs is 3. The van der Waals surface area contributed by atoms with E-state index in [1.165, 1.54) is 0 Å². The first-order chi connectivity index (χ1) is 15.3. The second kappa shape index (κ2) is 9.42. The van der Waals surface area contributed by atoms with Crippen molar-refractivity contribution in [2.45, 2.75) is 10.6 Å². The fourth-order valence-electron chi connectivity index (χ4n) is 3.82. The maximum absolute atomic E-state index is 13.3. The summed E-state index contributed by atoms with van der Waals surface area (Å²) >= 11 is 1.66. The number of H-pyrrole nitrogens is 1. The minimum absolute atomic E-state index is 0.0204. The second-order valence-electron chi connectivity index (χ2n) is 6.95. The van der Waals surface area contributed by atoms with Crippen LogP contribution in [-0.2, 0) is 10.5 Å². The molecule has 0 bridgehead atoms. The molecule has 160 valence electrons. The molecule has 2 aromatic carbocycles. The molecular formula is C22H23N4O4S+. The van der Waals surface area contributed by atoms with Crippen LogP contribution in [0, 0.1) is 4.91 Å². The molecule has 0 atom stereocenters. The summed E-state index contributed by atoms with van der Waals surface area (Å²) in [5.74, 6) is 0.658. The van der Waals surface area contributed by atoms with Crippen molar-refractivity contribution >= 4 is 23.4 Å². The Kier molecular flexibility index (Phi) is 6.45. The third kappa shape index (κ3) is 3.99. The lowest BCUT2D eigenvalue weighted by atomic mass is 10.0. The number of nitrogens with one attached hydrogen (secondary N) is 1. The van der Waals surface area contributed by atoms with Crippen molar-refractivity contribution in [1.82, 2.24) is 10.00 Å². The molecule has 1 aromatic heterocycles. The molecule has 2 aliphatic rings. The fourth-order valence-corrected chi connectivity index (χ4v) is 4.88. The monoisotopic (exact) mass is 439 g/mol. The zero-order valence-corrected chi connectivity index (χ0v) is 17.9. The van der Waals surface area contributed by atoms with E-state index >= 15 is 0 Å². The molecule has 2 N–H and O–H groups in total. The highest BCUT2D eigenvalue weighted by Crippen LogP contribution is 2.43. The van der Waals surface area contributed by atoms with Crippen molar-refractivity contribution in [3.05, 3.63) is 64.7 Å². The van der Waals surface area contributed by atoms with Crippen LogP contribution in [0.1, 0.15) is 16.1 Å². The van der Waals surface area contributed by atoms with Crippen molar-refractivity contribution in [3.63, 3.8) is 0 Å². The maximum atomic E-state index is 13.3. The molecule has 0 spiro atoms. The number of aliphatic hydroxyl groups excluding tert-OH is 1. The number of benzene rings is 2. The number of aromatic nitrogens is 2. The highest BCUT2D eigenvalue weighted by molar-refractivity contribution is 7.98. The number of hydrogen-bond acceptors (Lipinski definition) is 6. The third-order valence-electron chi connectivity index (χ3n) is 5.26. The van der Waals surface area contributed by atoms with E-state index in [9.17, 15) is 9.70 Å². The molecule has 3 heterocycles. The molecule has 0 unspecified atom stereocenters. The molecule has 8 nitrogen and oxygen atoms in total. The van der Waals surface area contributed by atoms with Crippen LogP contribution in [0.5, 0.6) is 0 Å². The van der Waals surface area contributed by atoms with Gasteiger partial charge in [0.05, 0.1) is 24.3 Å². The topological polar surface area (TPSA) is 98.9 Å². The SMILES string of the molecule is CO.O=Nc1ccc2c(c1)-c1c(c(C(=O)N3CCOCC3)[nH][n+]1-c1ccccc1)CS2. The van der Waals surface area contributed by atoms with E-state index in [1.54, 1.807) is 23.9 Å². The summed E-state index contributed by atoms with van der Waals surface area (Å²) in [6.07, 6.45) is 0. The molecule has 1 fully saturated rings. The van der Waals surface area contributed by atoms with Crippen molar-refractivity contribution in [3.8, 4) is 16.9 Å². The highest BCUT2D eigenvalue weighted by atomic mass is 32.2. The number of rotatable bonds is 3. The molecule has 0 aliphatic carbocycles. The summed E-state index contributed by atoms with van der Waals surface area (Å²) in [7, 11) is 1.00. The lowest BCUT2D eigenvalue weighted by Gasteiger charge is -2.26. The largest absolute Gasteiger partial charge is 0.400 e. The zero-order chi connectivity index (χ0) is 21.8. The Hall–Kier alpha value is -3.01. The van der Waals surface area contributed by atoms with Crippen molar-refractivity contribution in [2.24, 2.45) is 5.18 Å². The van der Waals surface area contributed by atoms with Crippen molar-refractivity contribution in [2.75, 3.05) is 33.4 Å². The van der Waals surface area contributed by atoms with Crippen LogP contribution in [0.25, 0.3) is 16.9 Å². The van der Waals surface area contributed by atoms with Crippen LogP contribution in [0.3, 0.4) is 0 Å². The number of amides is 1. The average Bonchev–Trinajstić information content (AvgIpc) is 3.26. The van der Waals surface area contributed by atoms with E-state index in [4.69, 9.17) is 9.84 Å². The van der Waals surface area contributed by atoms with Gasteiger partial charge in [-0.25, -0.2) is 0 Å². The summed E-state index contributed by atoms with van der Waals surface area (Å²) in [4.78, 5) is 27.3. The van der Waals surface area contributed by atoms with Crippen LogP contribution < -0.4 is 4.68 Å². The first kappa shape index (κ1) is 21.2. The van der Waals surface area contributed by atoms with Crippen molar-refractivity contribution < 1.29 is 19.3 Å². The molecular weight excluding hydrogens is 416 g/mol. The summed E-state index contributed by atoms with van der Waals surface area (Å²) in [5, 5.41) is 13.4. The van der Waals surface area contributed by atoms with Gasteiger partial charge in [0.25, 0.3) is 11.6 Å². The van der Waals surface area contributed by atoms with Gasteiger partial charge in [-0.3, -0.25) is 4.79 Å². The van der Waals surface area contributed by atoms with Gasteiger partial charge in [0.1, 0.15) is 5.69 Å². The van der Waals surface area contributed by atoms with Crippen LogP contribution in [-0.4, -0.2) is 54.4 Å². The predicted octanol–water partition coefficient (Wildman–Crippen LogP) is 3.04. The smallest absolute Gasteiger partial charge is 0.276 e. The van der Waals surface area contributed by atoms with Crippen LogP contribution >= 0.6 is 11.8 Å². The van der Waals surface area contributed by atoms with Crippen LogP contribution in [0.2, 0.25) is 0 Å². The predicted molar refractivity (Wildman–Crippen MR) is 118 cm³/mol. The van der Waals surface area contributed by atoms with E-state index in [2.05, 4.69) is 10.3 Å². The lowest BCUT2D eigenvalue weighted by Crippen LogP contribution is -2.42. The Bertz CT molecular complexity index is 1090. The average molecular weight is 440 g/mol. The highest BCUT2D eigenvalue weighted by Gasteiger charge is 2.37. The third-order valence-corrected chi connectivity index (χ3v) is 6.36. The summed E-state index contributed by atoms with van der Waals surface area (Å²) in [6.45, 7) is 2.28.